The van der Waals surface area contributed by atoms with E-state index in [1.165, 1.54) is 36.1 Å². The minimum Gasteiger partial charge on any atom is -0.508 e. The Balaban J connectivity index is 0.854. The maximum atomic E-state index is 14.3. The van der Waals surface area contributed by atoms with Crippen LogP contribution >= 0.6 is 0 Å². The van der Waals surface area contributed by atoms with Gasteiger partial charge in [-0.3, -0.25) is 9.59 Å². The zero-order valence-electron chi connectivity index (χ0n) is 26.8. The van der Waals surface area contributed by atoms with Crippen molar-refractivity contribution in [2.75, 3.05) is 13.2 Å². The highest BCUT2D eigenvalue weighted by atomic mass is 19.1. The molecule has 0 radical (unpaired) electrons. The summed E-state index contributed by atoms with van der Waals surface area (Å²) in [5.74, 6) is 1.54. The van der Waals surface area contributed by atoms with Crippen LogP contribution in [-0.4, -0.2) is 41.2 Å². The van der Waals surface area contributed by atoms with Crippen LogP contribution in [0.1, 0.15) is 84.0 Å². The van der Waals surface area contributed by atoms with Gasteiger partial charge in [0, 0.05) is 36.1 Å². The number of aromatic amines is 1. The van der Waals surface area contributed by atoms with Crippen molar-refractivity contribution in [1.82, 2.24) is 15.6 Å². The molecular formula is C39H42FN3O4. The molecule has 4 aromatic rings. The number of benzene rings is 3. The zero-order valence-corrected chi connectivity index (χ0v) is 26.8. The first kappa shape index (κ1) is 30.2. The Labute approximate surface area is 274 Å². The van der Waals surface area contributed by atoms with E-state index in [-0.39, 0.29) is 23.3 Å². The highest BCUT2D eigenvalue weighted by Gasteiger charge is 2.55. The van der Waals surface area contributed by atoms with E-state index in [4.69, 9.17) is 4.74 Å². The molecule has 0 unspecified atom stereocenters. The summed E-state index contributed by atoms with van der Waals surface area (Å²) in [7, 11) is 0. The lowest BCUT2D eigenvalue weighted by Crippen LogP contribution is -2.44. The summed E-state index contributed by atoms with van der Waals surface area (Å²) in [5.41, 5.74) is 7.75. The zero-order chi connectivity index (χ0) is 32.3. The third-order valence-corrected chi connectivity index (χ3v) is 11.9. The van der Waals surface area contributed by atoms with Gasteiger partial charge >= 0.3 is 0 Å². The van der Waals surface area contributed by atoms with Crippen LogP contribution in [0.25, 0.3) is 22.2 Å². The molecule has 4 aliphatic rings. The van der Waals surface area contributed by atoms with E-state index < -0.39 is 5.82 Å². The molecular weight excluding hydrogens is 593 g/mol. The highest BCUT2D eigenvalue weighted by molar-refractivity contribution is 6.10. The summed E-state index contributed by atoms with van der Waals surface area (Å²) in [6.45, 7) is 3.77. The van der Waals surface area contributed by atoms with Crippen molar-refractivity contribution in [3.8, 4) is 17.0 Å². The third-order valence-electron chi connectivity index (χ3n) is 11.9. The van der Waals surface area contributed by atoms with Crippen molar-refractivity contribution in [3.63, 3.8) is 0 Å². The predicted octanol–water partition coefficient (Wildman–Crippen LogP) is 6.91. The number of aromatic nitrogens is 1. The maximum Gasteiger partial charge on any atom is 0.252 e. The van der Waals surface area contributed by atoms with Crippen LogP contribution in [0, 0.1) is 23.1 Å². The first-order valence-corrected chi connectivity index (χ1v) is 17.2. The van der Waals surface area contributed by atoms with Gasteiger partial charge in [0.15, 0.2) is 0 Å². The van der Waals surface area contributed by atoms with Gasteiger partial charge in [0.1, 0.15) is 11.6 Å². The first-order valence-electron chi connectivity index (χ1n) is 17.2. The maximum absolute atomic E-state index is 14.3. The van der Waals surface area contributed by atoms with Crippen LogP contribution in [0.15, 0.2) is 54.6 Å². The summed E-state index contributed by atoms with van der Waals surface area (Å²) in [5, 5.41) is 16.7. The number of carbonyl (C=O) groups is 2. The lowest BCUT2D eigenvalue weighted by atomic mass is 9.55. The standard InChI is InChI=1S/C39H42FN3O4/c1-39-15-12-28-27-9-7-26(44)18-24(27)6-8-29(28)32(39)10-11-34(39)47-17-14-35(45)42-21-22-2-4-23(5-3-22)37-30-13-16-41-38(46)31-19-25(40)20-33(43-37)36(30)31/h2-5,7,9,18-20,28-29,32,34,43-44H,6,8,10-17,21H2,1H3,(H,41,46)(H,42,45)/t28-,29-,32+,34+,39+/m1/s1. The van der Waals surface area contributed by atoms with Crippen molar-refractivity contribution < 1.29 is 23.8 Å². The fourth-order valence-corrected chi connectivity index (χ4v) is 9.60. The number of phenolic OH excluding ortho intramolecular Hbond substituents is 1. The number of phenols is 1. The molecule has 2 amide bonds. The Kier molecular flexibility index (Phi) is 7.59. The lowest BCUT2D eigenvalue weighted by molar-refractivity contribution is -0.124. The molecule has 8 rings (SSSR count). The van der Waals surface area contributed by atoms with Gasteiger partial charge in [-0.1, -0.05) is 37.3 Å². The van der Waals surface area contributed by atoms with Crippen LogP contribution in [0.2, 0.25) is 0 Å². The highest BCUT2D eigenvalue weighted by Crippen LogP contribution is 2.61. The summed E-state index contributed by atoms with van der Waals surface area (Å²) >= 11 is 0. The Hall–Kier alpha value is -4.17. The van der Waals surface area contributed by atoms with Gasteiger partial charge in [-0.2, -0.15) is 0 Å². The number of amides is 2. The average molecular weight is 636 g/mol. The van der Waals surface area contributed by atoms with Gasteiger partial charge in [0.2, 0.25) is 5.91 Å². The molecule has 0 bridgehead atoms. The molecule has 7 nitrogen and oxygen atoms in total. The lowest BCUT2D eigenvalue weighted by Gasteiger charge is -2.50. The van der Waals surface area contributed by atoms with Crippen molar-refractivity contribution in [3.05, 3.63) is 88.2 Å². The minimum atomic E-state index is -0.441. The third kappa shape index (κ3) is 5.31. The summed E-state index contributed by atoms with van der Waals surface area (Å²) in [4.78, 5) is 28.7. The minimum absolute atomic E-state index is 0.0207. The quantitative estimate of drug-likeness (QED) is 0.177. The first-order chi connectivity index (χ1) is 22.8. The number of aryl methyl sites for hydroxylation is 1. The summed E-state index contributed by atoms with van der Waals surface area (Å²) in [6, 6.07) is 16.7. The van der Waals surface area contributed by atoms with Crippen molar-refractivity contribution >= 4 is 22.7 Å². The van der Waals surface area contributed by atoms with Crippen LogP contribution in [0.5, 0.6) is 5.75 Å². The Morgan fingerprint density at radius 3 is 2.77 bits per heavy atom. The molecule has 8 heteroatoms. The van der Waals surface area contributed by atoms with Crippen molar-refractivity contribution in [2.24, 2.45) is 17.3 Å². The number of hydrogen-bond acceptors (Lipinski definition) is 4. The summed E-state index contributed by atoms with van der Waals surface area (Å²) in [6.07, 6.45) is 7.94. The molecule has 4 N–H and O–H groups in total. The van der Waals surface area contributed by atoms with Crippen LogP contribution in [0.3, 0.4) is 0 Å². The predicted molar refractivity (Wildman–Crippen MR) is 179 cm³/mol. The van der Waals surface area contributed by atoms with E-state index in [0.717, 1.165) is 53.5 Å². The Morgan fingerprint density at radius 1 is 1.06 bits per heavy atom. The Bertz CT molecular complexity index is 1870. The van der Waals surface area contributed by atoms with Gasteiger partial charge in [-0.15, -0.1) is 0 Å². The van der Waals surface area contributed by atoms with E-state index in [0.29, 0.717) is 67.1 Å². The number of H-pyrrole nitrogens is 1. The normalized spacial score (nSPS) is 26.2. The molecule has 3 aliphatic carbocycles. The van der Waals surface area contributed by atoms with E-state index in [2.05, 4.69) is 28.6 Å². The van der Waals surface area contributed by atoms with Gasteiger partial charge < -0.3 is 25.5 Å². The smallest absolute Gasteiger partial charge is 0.252 e. The van der Waals surface area contributed by atoms with E-state index in [1.54, 1.807) is 0 Å². The number of aromatic hydroxyl groups is 1. The molecule has 0 spiro atoms. The second kappa shape index (κ2) is 11.8. The molecule has 2 heterocycles. The fourth-order valence-electron chi connectivity index (χ4n) is 9.60. The molecule has 244 valence electrons. The molecule has 2 saturated carbocycles. The van der Waals surface area contributed by atoms with Gasteiger partial charge in [0.05, 0.1) is 18.3 Å². The largest absolute Gasteiger partial charge is 0.508 e. The van der Waals surface area contributed by atoms with Crippen LogP contribution in [0.4, 0.5) is 4.39 Å². The van der Waals surface area contributed by atoms with Gasteiger partial charge in [-0.25, -0.2) is 4.39 Å². The SMILES string of the molecule is C[C@]12CC[C@@H]3c4ccc(O)cc4CC[C@H]3[C@@H]1CC[C@@H]2OCCC(=O)NCc1ccc(-c2[nH]c3cc(F)cc4c3c2CCNC4=O)cc1. The summed E-state index contributed by atoms with van der Waals surface area (Å²) < 4.78 is 20.7. The molecule has 3 aromatic carbocycles. The molecule has 1 aliphatic heterocycles. The molecule has 2 fully saturated rings. The monoisotopic (exact) mass is 635 g/mol. The molecule has 0 saturated heterocycles. The second-order valence-corrected chi connectivity index (χ2v) is 14.4. The molecule has 1 aromatic heterocycles. The number of nitrogens with one attached hydrogen (secondary N) is 3. The van der Waals surface area contributed by atoms with E-state index in [1.807, 2.05) is 36.4 Å². The van der Waals surface area contributed by atoms with Crippen LogP contribution in [-0.2, 0) is 28.9 Å². The number of fused-ring (bicyclic) bond motifs is 5. The van der Waals surface area contributed by atoms with Crippen molar-refractivity contribution in [1.29, 1.82) is 0 Å². The average Bonchev–Trinajstić information content (AvgIpc) is 3.54. The Morgan fingerprint density at radius 2 is 1.91 bits per heavy atom. The van der Waals surface area contributed by atoms with E-state index in [9.17, 15) is 19.1 Å². The number of rotatable bonds is 7. The second-order valence-electron chi connectivity index (χ2n) is 14.4. The van der Waals surface area contributed by atoms with Crippen molar-refractivity contribution in [2.45, 2.75) is 76.9 Å². The fraction of sp³-hybridized carbons (Fsp3) is 0.436. The number of halogens is 1. The topological polar surface area (TPSA) is 103 Å². The van der Waals surface area contributed by atoms with Gasteiger partial charge in [0.25, 0.3) is 5.91 Å². The molecule has 5 atom stereocenters. The van der Waals surface area contributed by atoms with E-state index >= 15 is 0 Å². The molecule has 47 heavy (non-hydrogen) atoms. The number of ether oxygens (including phenoxy) is 1. The number of hydrogen-bond donors (Lipinski definition) is 4. The number of carbonyl (C=O) groups excluding carboxylic acids is 2. The van der Waals surface area contributed by atoms with Gasteiger partial charge in [-0.05, 0) is 120 Å². The van der Waals surface area contributed by atoms with Crippen LogP contribution < -0.4 is 10.6 Å².